The largest absolute Gasteiger partial charge is 0.490 e. The van der Waals surface area contributed by atoms with Crippen LogP contribution >= 0.6 is 23.2 Å². The van der Waals surface area contributed by atoms with Crippen molar-refractivity contribution < 1.29 is 14.3 Å². The summed E-state index contributed by atoms with van der Waals surface area (Å²) in [7, 11) is 0. The van der Waals surface area contributed by atoms with Crippen LogP contribution in [0.5, 0.6) is 11.5 Å². The number of hydrazone groups is 1. The summed E-state index contributed by atoms with van der Waals surface area (Å²) in [4.78, 5) is 12.2. The van der Waals surface area contributed by atoms with E-state index in [4.69, 9.17) is 32.7 Å². The first kappa shape index (κ1) is 24.6. The third kappa shape index (κ3) is 7.24. The maximum atomic E-state index is 12.2. The van der Waals surface area contributed by atoms with Crippen LogP contribution in [0.1, 0.15) is 34.7 Å². The molecule has 0 unspecified atom stereocenters. The average Bonchev–Trinajstić information content (AvgIpc) is 2.76. The molecule has 1 N–H and O–H groups in total. The van der Waals surface area contributed by atoms with Gasteiger partial charge in [0.25, 0.3) is 0 Å². The molecule has 0 aromatic heterocycles. The molecule has 0 aliphatic heterocycles. The average molecular weight is 485 g/mol. The van der Waals surface area contributed by atoms with E-state index in [1.165, 1.54) is 5.56 Å². The van der Waals surface area contributed by atoms with Gasteiger partial charge in [-0.15, -0.1) is 0 Å². The molecule has 0 radical (unpaired) electrons. The van der Waals surface area contributed by atoms with Crippen LogP contribution in [0.4, 0.5) is 0 Å². The van der Waals surface area contributed by atoms with Crippen LogP contribution in [0.2, 0.25) is 10.0 Å². The third-order valence-electron chi connectivity index (χ3n) is 4.92. The van der Waals surface area contributed by atoms with Crippen molar-refractivity contribution in [1.82, 2.24) is 5.43 Å². The molecule has 0 aliphatic carbocycles. The molecule has 5 nitrogen and oxygen atoms in total. The standard InChI is InChI=1S/C26H26Cl2N2O3/c1-4-32-25-12-19(6-10-24(25)33-16-21-8-9-22(27)14-23(21)28)15-29-30-26(31)13-20-7-5-17(2)11-18(20)3/h5-12,14-15H,4,13,16H2,1-3H3,(H,30,31)/b29-15-. The molecule has 1 amide bonds. The molecule has 0 heterocycles. The molecule has 7 heteroatoms. The lowest BCUT2D eigenvalue weighted by Crippen LogP contribution is -2.20. The molecule has 0 atom stereocenters. The minimum Gasteiger partial charge on any atom is -0.490 e. The third-order valence-corrected chi connectivity index (χ3v) is 5.50. The summed E-state index contributed by atoms with van der Waals surface area (Å²) in [5, 5.41) is 5.19. The highest BCUT2D eigenvalue weighted by atomic mass is 35.5. The first-order chi connectivity index (χ1) is 15.9. The SMILES string of the molecule is CCOc1cc(/C=N\NC(=O)Cc2ccc(C)cc2C)ccc1OCc1ccc(Cl)cc1Cl. The second-order valence-corrected chi connectivity index (χ2v) is 8.41. The lowest BCUT2D eigenvalue weighted by molar-refractivity contribution is -0.120. The lowest BCUT2D eigenvalue weighted by Gasteiger charge is -2.13. The fraction of sp³-hybridized carbons (Fsp3) is 0.231. The van der Waals surface area contributed by atoms with Crippen molar-refractivity contribution in [1.29, 1.82) is 0 Å². The number of nitrogens with one attached hydrogen (secondary N) is 1. The van der Waals surface area contributed by atoms with Gasteiger partial charge in [-0.05, 0) is 67.8 Å². The Bertz CT molecular complexity index is 1160. The number of amides is 1. The summed E-state index contributed by atoms with van der Waals surface area (Å²) >= 11 is 12.2. The molecule has 33 heavy (non-hydrogen) atoms. The summed E-state index contributed by atoms with van der Waals surface area (Å²) in [5.41, 5.74) is 7.40. The highest BCUT2D eigenvalue weighted by Gasteiger charge is 2.09. The number of carbonyl (C=O) groups is 1. The van der Waals surface area contributed by atoms with E-state index in [2.05, 4.69) is 16.6 Å². The molecule has 0 saturated carbocycles. The van der Waals surface area contributed by atoms with E-state index >= 15 is 0 Å². The number of nitrogens with zero attached hydrogens (tertiary/aromatic N) is 1. The van der Waals surface area contributed by atoms with Crippen LogP contribution in [0.25, 0.3) is 0 Å². The highest BCUT2D eigenvalue weighted by molar-refractivity contribution is 6.35. The van der Waals surface area contributed by atoms with E-state index in [9.17, 15) is 4.79 Å². The summed E-state index contributed by atoms with van der Waals surface area (Å²) < 4.78 is 11.6. The number of rotatable bonds is 9. The lowest BCUT2D eigenvalue weighted by atomic mass is 10.0. The first-order valence-corrected chi connectivity index (χ1v) is 11.3. The summed E-state index contributed by atoms with van der Waals surface area (Å²) in [5.74, 6) is 0.982. The number of benzene rings is 3. The second-order valence-electron chi connectivity index (χ2n) is 7.56. The molecular formula is C26H26Cl2N2O3. The van der Waals surface area contributed by atoms with Gasteiger partial charge in [0.1, 0.15) is 6.61 Å². The van der Waals surface area contributed by atoms with Gasteiger partial charge in [-0.25, -0.2) is 5.43 Å². The Balaban J connectivity index is 1.62. The summed E-state index contributed by atoms with van der Waals surface area (Å²) in [6.07, 6.45) is 1.84. The number of aryl methyl sites for hydroxylation is 2. The van der Waals surface area contributed by atoms with E-state index in [0.29, 0.717) is 28.2 Å². The molecule has 172 valence electrons. The Morgan fingerprint density at radius 3 is 2.48 bits per heavy atom. The van der Waals surface area contributed by atoms with Crippen molar-refractivity contribution in [3.63, 3.8) is 0 Å². The maximum Gasteiger partial charge on any atom is 0.244 e. The second kappa shape index (κ2) is 11.7. The highest BCUT2D eigenvalue weighted by Crippen LogP contribution is 2.30. The fourth-order valence-corrected chi connectivity index (χ4v) is 3.69. The van der Waals surface area contributed by atoms with Crippen LogP contribution in [-0.4, -0.2) is 18.7 Å². The normalized spacial score (nSPS) is 10.9. The van der Waals surface area contributed by atoms with Crippen molar-refractivity contribution in [2.75, 3.05) is 6.61 Å². The topological polar surface area (TPSA) is 59.9 Å². The number of hydrogen-bond acceptors (Lipinski definition) is 4. The van der Waals surface area contributed by atoms with Crippen LogP contribution in [0.3, 0.4) is 0 Å². The predicted molar refractivity (Wildman–Crippen MR) is 134 cm³/mol. The predicted octanol–water partition coefficient (Wildman–Crippen LogP) is 6.28. The van der Waals surface area contributed by atoms with Gasteiger partial charge in [0.15, 0.2) is 11.5 Å². The van der Waals surface area contributed by atoms with Gasteiger partial charge in [0.2, 0.25) is 5.91 Å². The zero-order valence-electron chi connectivity index (χ0n) is 18.8. The summed E-state index contributed by atoms with van der Waals surface area (Å²) in [6.45, 7) is 6.68. The van der Waals surface area contributed by atoms with Gasteiger partial charge in [0, 0.05) is 15.6 Å². The van der Waals surface area contributed by atoms with Gasteiger partial charge in [0.05, 0.1) is 19.2 Å². The number of hydrogen-bond donors (Lipinski definition) is 1. The Hall–Kier alpha value is -3.02. The Morgan fingerprint density at radius 2 is 1.76 bits per heavy atom. The quantitative estimate of drug-likeness (QED) is 0.287. The van der Waals surface area contributed by atoms with Crippen LogP contribution in [0, 0.1) is 13.8 Å². The maximum absolute atomic E-state index is 12.2. The zero-order valence-corrected chi connectivity index (χ0v) is 20.3. The number of ether oxygens (including phenoxy) is 2. The Kier molecular flexibility index (Phi) is 8.75. The molecule has 3 aromatic rings. The minimum absolute atomic E-state index is 0.178. The Morgan fingerprint density at radius 1 is 0.970 bits per heavy atom. The van der Waals surface area contributed by atoms with Crippen LogP contribution in [0.15, 0.2) is 59.7 Å². The van der Waals surface area contributed by atoms with E-state index < -0.39 is 0 Å². The van der Waals surface area contributed by atoms with E-state index in [-0.39, 0.29) is 18.9 Å². The molecule has 0 aliphatic rings. The molecular weight excluding hydrogens is 459 g/mol. The zero-order chi connectivity index (χ0) is 23.8. The van der Waals surface area contributed by atoms with E-state index in [0.717, 1.165) is 22.3 Å². The van der Waals surface area contributed by atoms with Gasteiger partial charge < -0.3 is 9.47 Å². The van der Waals surface area contributed by atoms with Gasteiger partial charge in [-0.1, -0.05) is 53.0 Å². The van der Waals surface area contributed by atoms with Crippen LogP contribution in [-0.2, 0) is 17.8 Å². The van der Waals surface area contributed by atoms with Gasteiger partial charge >= 0.3 is 0 Å². The smallest absolute Gasteiger partial charge is 0.244 e. The van der Waals surface area contributed by atoms with E-state index in [1.807, 2.05) is 51.1 Å². The molecule has 0 spiro atoms. The number of carbonyl (C=O) groups excluding carboxylic acids is 1. The van der Waals surface area contributed by atoms with Crippen molar-refractivity contribution in [2.45, 2.75) is 33.8 Å². The molecule has 3 rings (SSSR count). The molecule has 0 saturated heterocycles. The van der Waals surface area contributed by atoms with Gasteiger partial charge in [-0.3, -0.25) is 4.79 Å². The van der Waals surface area contributed by atoms with Crippen molar-refractivity contribution >= 4 is 35.3 Å². The monoisotopic (exact) mass is 484 g/mol. The molecule has 0 fully saturated rings. The number of halogens is 2. The van der Waals surface area contributed by atoms with Crippen molar-refractivity contribution in [3.8, 4) is 11.5 Å². The fourth-order valence-electron chi connectivity index (χ4n) is 3.22. The van der Waals surface area contributed by atoms with Gasteiger partial charge in [-0.2, -0.15) is 5.10 Å². The van der Waals surface area contributed by atoms with Crippen LogP contribution < -0.4 is 14.9 Å². The van der Waals surface area contributed by atoms with Crippen molar-refractivity contribution in [2.24, 2.45) is 5.10 Å². The Labute approximate surface area is 204 Å². The summed E-state index contributed by atoms with van der Waals surface area (Å²) in [6, 6.07) is 16.7. The van der Waals surface area contributed by atoms with Crippen molar-refractivity contribution in [3.05, 3.63) is 92.5 Å². The minimum atomic E-state index is -0.178. The first-order valence-electron chi connectivity index (χ1n) is 10.6. The van der Waals surface area contributed by atoms with E-state index in [1.54, 1.807) is 24.4 Å². The molecule has 3 aromatic carbocycles. The molecule has 0 bridgehead atoms.